The van der Waals surface area contributed by atoms with Crippen LogP contribution >= 0.6 is 12.4 Å². The highest BCUT2D eigenvalue weighted by molar-refractivity contribution is 5.85. The summed E-state index contributed by atoms with van der Waals surface area (Å²) in [5.41, 5.74) is 0. The molecule has 0 aliphatic carbocycles. The molecule has 0 spiro atoms. The quantitative estimate of drug-likeness (QED) is 0.691. The van der Waals surface area contributed by atoms with Crippen molar-refractivity contribution in [2.75, 3.05) is 32.8 Å². The lowest BCUT2D eigenvalue weighted by Crippen LogP contribution is -2.38. The van der Waals surface area contributed by atoms with Crippen molar-refractivity contribution in [2.24, 2.45) is 5.92 Å². The molecule has 4 nitrogen and oxygen atoms in total. The minimum atomic E-state index is 0. The number of halogens is 1. The molecule has 1 saturated heterocycles. The highest BCUT2D eigenvalue weighted by Gasteiger charge is 2.19. The van der Waals surface area contributed by atoms with E-state index in [4.69, 9.17) is 4.74 Å². The van der Waals surface area contributed by atoms with E-state index in [2.05, 4.69) is 10.6 Å². The lowest BCUT2D eigenvalue weighted by molar-refractivity contribution is -0.125. The summed E-state index contributed by atoms with van der Waals surface area (Å²) in [5.74, 6) is 0.436. The van der Waals surface area contributed by atoms with Crippen molar-refractivity contribution in [2.45, 2.75) is 26.2 Å². The van der Waals surface area contributed by atoms with E-state index in [1.165, 1.54) is 0 Å². The smallest absolute Gasteiger partial charge is 0.223 e. The van der Waals surface area contributed by atoms with Crippen LogP contribution in [-0.4, -0.2) is 38.8 Å². The molecular weight excluding hydrogens is 228 g/mol. The van der Waals surface area contributed by atoms with Crippen molar-refractivity contribution in [3.05, 3.63) is 0 Å². The van der Waals surface area contributed by atoms with Gasteiger partial charge in [-0.1, -0.05) is 0 Å². The normalized spacial score (nSPS) is 16.6. The van der Waals surface area contributed by atoms with Crippen molar-refractivity contribution >= 4 is 18.3 Å². The second kappa shape index (κ2) is 9.87. The number of rotatable bonds is 6. The molecule has 1 aliphatic rings. The molecule has 0 aromatic heterocycles. The van der Waals surface area contributed by atoms with Gasteiger partial charge in [0.15, 0.2) is 0 Å². The Morgan fingerprint density at radius 1 is 1.44 bits per heavy atom. The molecule has 2 N–H and O–H groups in total. The maximum atomic E-state index is 11.7. The number of carbonyl (C=O) groups excluding carboxylic acids is 1. The Labute approximate surface area is 104 Å². The fourth-order valence-electron chi connectivity index (χ4n) is 1.76. The van der Waals surface area contributed by atoms with Crippen molar-refractivity contribution < 1.29 is 9.53 Å². The van der Waals surface area contributed by atoms with Gasteiger partial charge in [0.1, 0.15) is 0 Å². The van der Waals surface area contributed by atoms with Gasteiger partial charge in [-0.05, 0) is 39.3 Å². The molecule has 1 heterocycles. The average Bonchev–Trinajstić information content (AvgIpc) is 2.30. The summed E-state index contributed by atoms with van der Waals surface area (Å²) < 4.78 is 5.20. The molecule has 5 heteroatoms. The largest absolute Gasteiger partial charge is 0.382 e. The molecule has 0 radical (unpaired) electrons. The van der Waals surface area contributed by atoms with Crippen molar-refractivity contribution in [3.8, 4) is 0 Å². The summed E-state index contributed by atoms with van der Waals surface area (Å²) in [6.07, 6.45) is 2.85. The van der Waals surface area contributed by atoms with E-state index >= 15 is 0 Å². The predicted octanol–water partition coefficient (Wildman–Crippen LogP) is 0.951. The Kier molecular flexibility index (Phi) is 9.68. The van der Waals surface area contributed by atoms with E-state index in [9.17, 15) is 4.79 Å². The van der Waals surface area contributed by atoms with Crippen LogP contribution < -0.4 is 10.6 Å². The number of hydrogen-bond donors (Lipinski definition) is 2. The second-order valence-corrected chi connectivity index (χ2v) is 3.87. The summed E-state index contributed by atoms with van der Waals surface area (Å²) >= 11 is 0. The Morgan fingerprint density at radius 3 is 2.75 bits per heavy atom. The summed E-state index contributed by atoms with van der Waals surface area (Å²) in [4.78, 5) is 11.7. The van der Waals surface area contributed by atoms with Gasteiger partial charge in [-0.2, -0.15) is 0 Å². The van der Waals surface area contributed by atoms with Gasteiger partial charge in [0.25, 0.3) is 0 Å². The lowest BCUT2D eigenvalue weighted by atomic mass is 9.97. The van der Waals surface area contributed by atoms with Crippen molar-refractivity contribution in [3.63, 3.8) is 0 Å². The van der Waals surface area contributed by atoms with Gasteiger partial charge in [0.05, 0.1) is 0 Å². The van der Waals surface area contributed by atoms with Gasteiger partial charge in [-0.3, -0.25) is 4.79 Å². The van der Waals surface area contributed by atoms with Crippen LogP contribution in [0.4, 0.5) is 0 Å². The zero-order valence-electron chi connectivity index (χ0n) is 9.96. The van der Waals surface area contributed by atoms with Crippen LogP contribution in [-0.2, 0) is 9.53 Å². The average molecular weight is 251 g/mol. The Balaban J connectivity index is 0.00000225. The Bertz CT molecular complexity index is 185. The van der Waals surface area contributed by atoms with E-state index in [1.54, 1.807) is 0 Å². The molecule has 1 rings (SSSR count). The maximum absolute atomic E-state index is 11.7. The summed E-state index contributed by atoms with van der Waals surface area (Å²) in [7, 11) is 0. The first kappa shape index (κ1) is 15.7. The topological polar surface area (TPSA) is 50.4 Å². The van der Waals surface area contributed by atoms with Gasteiger partial charge < -0.3 is 15.4 Å². The zero-order valence-corrected chi connectivity index (χ0v) is 10.8. The summed E-state index contributed by atoms with van der Waals surface area (Å²) in [6.45, 7) is 6.15. The number of carbonyl (C=O) groups is 1. The van der Waals surface area contributed by atoms with E-state index < -0.39 is 0 Å². The summed E-state index contributed by atoms with van der Waals surface area (Å²) in [5, 5.41) is 6.22. The molecule has 0 atom stereocenters. The first-order valence-corrected chi connectivity index (χ1v) is 5.90. The number of amides is 1. The number of hydrogen-bond acceptors (Lipinski definition) is 3. The van der Waals surface area contributed by atoms with Crippen LogP contribution in [0.5, 0.6) is 0 Å². The molecule has 0 bridgehead atoms. The summed E-state index contributed by atoms with van der Waals surface area (Å²) in [6, 6.07) is 0. The number of nitrogens with one attached hydrogen (secondary N) is 2. The predicted molar refractivity (Wildman–Crippen MR) is 67.0 cm³/mol. The second-order valence-electron chi connectivity index (χ2n) is 3.87. The van der Waals surface area contributed by atoms with Gasteiger partial charge in [-0.15, -0.1) is 12.4 Å². The molecule has 0 aromatic rings. The lowest BCUT2D eigenvalue weighted by Gasteiger charge is -2.21. The van der Waals surface area contributed by atoms with Gasteiger partial charge in [0, 0.05) is 25.7 Å². The van der Waals surface area contributed by atoms with Crippen LogP contribution in [0.2, 0.25) is 0 Å². The molecule has 0 saturated carbocycles. The van der Waals surface area contributed by atoms with E-state index in [0.717, 1.165) is 52.1 Å². The van der Waals surface area contributed by atoms with Crippen LogP contribution in [0.3, 0.4) is 0 Å². The molecule has 16 heavy (non-hydrogen) atoms. The molecule has 96 valence electrons. The van der Waals surface area contributed by atoms with E-state index in [1.807, 2.05) is 6.92 Å². The number of piperidine rings is 1. The molecule has 0 aromatic carbocycles. The molecule has 1 amide bonds. The highest BCUT2D eigenvalue weighted by Crippen LogP contribution is 2.10. The first-order chi connectivity index (χ1) is 7.34. The van der Waals surface area contributed by atoms with Crippen LogP contribution in [0.15, 0.2) is 0 Å². The third-order valence-electron chi connectivity index (χ3n) is 2.68. The minimum Gasteiger partial charge on any atom is -0.382 e. The SMILES string of the molecule is CCOCCCNC(=O)C1CCNCC1.Cl. The number of ether oxygens (including phenoxy) is 1. The standard InChI is InChI=1S/C11H22N2O2.ClH/c1-2-15-9-3-6-13-11(14)10-4-7-12-8-5-10;/h10,12H,2-9H2,1H3,(H,13,14);1H. The molecule has 1 aliphatic heterocycles. The Morgan fingerprint density at radius 2 is 2.12 bits per heavy atom. The van der Waals surface area contributed by atoms with E-state index in [-0.39, 0.29) is 24.2 Å². The third-order valence-corrected chi connectivity index (χ3v) is 2.68. The van der Waals surface area contributed by atoms with Crippen molar-refractivity contribution in [1.82, 2.24) is 10.6 Å². The van der Waals surface area contributed by atoms with Gasteiger partial charge in [-0.25, -0.2) is 0 Å². The van der Waals surface area contributed by atoms with Crippen LogP contribution in [0.25, 0.3) is 0 Å². The molecule has 0 unspecified atom stereocenters. The van der Waals surface area contributed by atoms with Gasteiger partial charge >= 0.3 is 0 Å². The zero-order chi connectivity index (χ0) is 10.9. The monoisotopic (exact) mass is 250 g/mol. The molecule has 1 fully saturated rings. The van der Waals surface area contributed by atoms with Crippen LogP contribution in [0.1, 0.15) is 26.2 Å². The fraction of sp³-hybridized carbons (Fsp3) is 0.909. The van der Waals surface area contributed by atoms with E-state index in [0.29, 0.717) is 0 Å². The first-order valence-electron chi connectivity index (χ1n) is 5.90. The fourth-order valence-corrected chi connectivity index (χ4v) is 1.76. The van der Waals surface area contributed by atoms with Crippen molar-refractivity contribution in [1.29, 1.82) is 0 Å². The Hall–Kier alpha value is -0.320. The van der Waals surface area contributed by atoms with Gasteiger partial charge in [0.2, 0.25) is 5.91 Å². The molecular formula is C11H23ClN2O2. The van der Waals surface area contributed by atoms with Crippen LogP contribution in [0, 0.1) is 5.92 Å². The highest BCUT2D eigenvalue weighted by atomic mass is 35.5. The maximum Gasteiger partial charge on any atom is 0.223 e. The minimum absolute atomic E-state index is 0. The third kappa shape index (κ3) is 6.30.